The van der Waals surface area contributed by atoms with E-state index in [1.165, 1.54) is 51.7 Å². The average Bonchev–Trinajstić information content (AvgIpc) is 2.29. The van der Waals surface area contributed by atoms with Crippen LogP contribution in [-0.4, -0.2) is 37.6 Å². The molecule has 2 nitrogen and oxygen atoms in total. The van der Waals surface area contributed by atoms with E-state index in [0.717, 1.165) is 19.0 Å². The van der Waals surface area contributed by atoms with E-state index in [-0.39, 0.29) is 0 Å². The van der Waals surface area contributed by atoms with Crippen LogP contribution in [0.3, 0.4) is 0 Å². The molecule has 1 aliphatic rings. The lowest BCUT2D eigenvalue weighted by Gasteiger charge is -2.28. The predicted molar refractivity (Wildman–Crippen MR) is 67.2 cm³/mol. The maximum atomic E-state index is 3.41. The first kappa shape index (κ1) is 13.0. The van der Waals surface area contributed by atoms with Gasteiger partial charge in [-0.3, -0.25) is 0 Å². The topological polar surface area (TPSA) is 15.3 Å². The summed E-state index contributed by atoms with van der Waals surface area (Å²) in [4.78, 5) is 2.61. The lowest BCUT2D eigenvalue weighted by Crippen LogP contribution is -2.36. The fourth-order valence-corrected chi connectivity index (χ4v) is 2.53. The zero-order valence-electron chi connectivity index (χ0n) is 10.6. The highest BCUT2D eigenvalue weighted by atomic mass is 15.1. The summed E-state index contributed by atoms with van der Waals surface area (Å²) in [5.74, 6) is 0.986. The Labute approximate surface area is 95.4 Å². The Morgan fingerprint density at radius 3 is 2.47 bits per heavy atom. The van der Waals surface area contributed by atoms with Crippen LogP contribution >= 0.6 is 0 Å². The third-order valence-corrected chi connectivity index (χ3v) is 3.54. The molecular weight excluding hydrogens is 184 g/mol. The normalized spacial score (nSPS) is 18.6. The van der Waals surface area contributed by atoms with Crippen LogP contribution in [0.4, 0.5) is 0 Å². The summed E-state index contributed by atoms with van der Waals surface area (Å²) >= 11 is 0. The van der Waals surface area contributed by atoms with Gasteiger partial charge in [0, 0.05) is 19.6 Å². The van der Waals surface area contributed by atoms with Crippen molar-refractivity contribution in [1.29, 1.82) is 0 Å². The molecule has 15 heavy (non-hydrogen) atoms. The molecule has 1 aliphatic carbocycles. The van der Waals surface area contributed by atoms with Gasteiger partial charge in [0.1, 0.15) is 0 Å². The molecule has 0 spiro atoms. The van der Waals surface area contributed by atoms with E-state index < -0.39 is 0 Å². The van der Waals surface area contributed by atoms with Gasteiger partial charge in [-0.05, 0) is 31.8 Å². The minimum absolute atomic E-state index is 0.986. The molecular formula is C13H28N2. The van der Waals surface area contributed by atoms with Crippen molar-refractivity contribution in [3.05, 3.63) is 0 Å². The molecule has 0 atom stereocenters. The van der Waals surface area contributed by atoms with Crippen molar-refractivity contribution in [3.63, 3.8) is 0 Å². The molecule has 0 amide bonds. The summed E-state index contributed by atoms with van der Waals surface area (Å²) in [5.41, 5.74) is 0. The Morgan fingerprint density at radius 1 is 1.13 bits per heavy atom. The Balaban J connectivity index is 2.13. The highest BCUT2D eigenvalue weighted by Crippen LogP contribution is 2.24. The fourth-order valence-electron chi connectivity index (χ4n) is 2.53. The van der Waals surface area contributed by atoms with E-state index in [4.69, 9.17) is 0 Å². The van der Waals surface area contributed by atoms with Crippen LogP contribution in [0.15, 0.2) is 0 Å². The molecule has 0 unspecified atom stereocenters. The summed E-state index contributed by atoms with van der Waals surface area (Å²) < 4.78 is 0. The van der Waals surface area contributed by atoms with Crippen LogP contribution in [-0.2, 0) is 0 Å². The van der Waals surface area contributed by atoms with Gasteiger partial charge in [-0.15, -0.1) is 0 Å². The first-order valence-corrected chi connectivity index (χ1v) is 6.79. The van der Waals surface area contributed by atoms with Crippen LogP contribution in [0, 0.1) is 5.92 Å². The SMILES string of the molecule is CCNCCN(CC)CC1CCCCC1. The van der Waals surface area contributed by atoms with Crippen LogP contribution in [0.1, 0.15) is 46.0 Å². The molecule has 0 radical (unpaired) electrons. The van der Waals surface area contributed by atoms with Gasteiger partial charge in [-0.2, -0.15) is 0 Å². The van der Waals surface area contributed by atoms with E-state index in [2.05, 4.69) is 24.1 Å². The largest absolute Gasteiger partial charge is 0.316 e. The minimum atomic E-state index is 0.986. The Morgan fingerprint density at radius 2 is 1.87 bits per heavy atom. The zero-order valence-corrected chi connectivity index (χ0v) is 10.6. The molecule has 1 fully saturated rings. The second kappa shape index (κ2) is 8.12. The van der Waals surface area contributed by atoms with Crippen molar-refractivity contribution < 1.29 is 0 Å². The summed E-state index contributed by atoms with van der Waals surface area (Å²) in [6.45, 7) is 10.5. The number of rotatable bonds is 7. The quantitative estimate of drug-likeness (QED) is 0.652. The van der Waals surface area contributed by atoms with Crippen LogP contribution < -0.4 is 5.32 Å². The van der Waals surface area contributed by atoms with Gasteiger partial charge in [0.05, 0.1) is 0 Å². The number of hydrogen-bond donors (Lipinski definition) is 1. The predicted octanol–water partition coefficient (Wildman–Crippen LogP) is 2.50. The van der Waals surface area contributed by atoms with E-state index >= 15 is 0 Å². The highest BCUT2D eigenvalue weighted by Gasteiger charge is 2.15. The second-order valence-corrected chi connectivity index (χ2v) is 4.75. The Kier molecular flexibility index (Phi) is 7.03. The van der Waals surface area contributed by atoms with Gasteiger partial charge in [0.25, 0.3) is 0 Å². The molecule has 0 aromatic heterocycles. The molecule has 1 saturated carbocycles. The van der Waals surface area contributed by atoms with Gasteiger partial charge in [0.2, 0.25) is 0 Å². The van der Waals surface area contributed by atoms with Crippen molar-refractivity contribution in [2.45, 2.75) is 46.0 Å². The number of likely N-dealkylation sites (N-methyl/N-ethyl adjacent to an activating group) is 2. The number of nitrogens with one attached hydrogen (secondary N) is 1. The lowest BCUT2D eigenvalue weighted by atomic mass is 9.89. The van der Waals surface area contributed by atoms with Crippen LogP contribution in [0.25, 0.3) is 0 Å². The zero-order chi connectivity index (χ0) is 10.9. The van der Waals surface area contributed by atoms with Gasteiger partial charge in [-0.1, -0.05) is 33.1 Å². The minimum Gasteiger partial charge on any atom is -0.316 e. The first-order chi connectivity index (χ1) is 7.36. The fraction of sp³-hybridized carbons (Fsp3) is 1.00. The first-order valence-electron chi connectivity index (χ1n) is 6.79. The van der Waals surface area contributed by atoms with Crippen molar-refractivity contribution in [2.24, 2.45) is 5.92 Å². The van der Waals surface area contributed by atoms with Gasteiger partial charge < -0.3 is 10.2 Å². The van der Waals surface area contributed by atoms with Crippen molar-refractivity contribution in [2.75, 3.05) is 32.7 Å². The molecule has 1 rings (SSSR count). The number of hydrogen-bond acceptors (Lipinski definition) is 2. The smallest absolute Gasteiger partial charge is 0.0107 e. The summed E-state index contributed by atoms with van der Waals surface area (Å²) in [6, 6.07) is 0. The van der Waals surface area contributed by atoms with Gasteiger partial charge >= 0.3 is 0 Å². The van der Waals surface area contributed by atoms with Crippen LogP contribution in [0.2, 0.25) is 0 Å². The molecule has 90 valence electrons. The van der Waals surface area contributed by atoms with E-state index in [1.807, 2.05) is 0 Å². The third-order valence-electron chi connectivity index (χ3n) is 3.54. The summed E-state index contributed by atoms with van der Waals surface area (Å²) in [6.07, 6.45) is 7.35. The van der Waals surface area contributed by atoms with Crippen LogP contribution in [0.5, 0.6) is 0 Å². The molecule has 1 N–H and O–H groups in total. The van der Waals surface area contributed by atoms with Crippen molar-refractivity contribution in [1.82, 2.24) is 10.2 Å². The molecule has 0 heterocycles. The molecule has 0 aliphatic heterocycles. The standard InChI is InChI=1S/C13H28N2/c1-3-14-10-11-15(4-2)12-13-8-6-5-7-9-13/h13-14H,3-12H2,1-2H3. The Bertz CT molecular complexity index is 141. The maximum Gasteiger partial charge on any atom is 0.0107 e. The number of nitrogens with zero attached hydrogens (tertiary/aromatic N) is 1. The second-order valence-electron chi connectivity index (χ2n) is 4.75. The van der Waals surface area contributed by atoms with E-state index in [9.17, 15) is 0 Å². The molecule has 0 bridgehead atoms. The van der Waals surface area contributed by atoms with E-state index in [1.54, 1.807) is 0 Å². The third kappa shape index (κ3) is 5.53. The molecule has 0 saturated heterocycles. The Hall–Kier alpha value is -0.0800. The van der Waals surface area contributed by atoms with Gasteiger partial charge in [-0.25, -0.2) is 0 Å². The monoisotopic (exact) mass is 212 g/mol. The van der Waals surface area contributed by atoms with Gasteiger partial charge in [0.15, 0.2) is 0 Å². The van der Waals surface area contributed by atoms with Crippen molar-refractivity contribution in [3.8, 4) is 0 Å². The molecule has 2 heteroatoms. The maximum absolute atomic E-state index is 3.41. The lowest BCUT2D eigenvalue weighted by molar-refractivity contribution is 0.209. The average molecular weight is 212 g/mol. The summed E-state index contributed by atoms with van der Waals surface area (Å²) in [5, 5.41) is 3.41. The highest BCUT2D eigenvalue weighted by molar-refractivity contribution is 4.70. The van der Waals surface area contributed by atoms with E-state index in [0.29, 0.717) is 0 Å². The molecule has 0 aromatic rings. The van der Waals surface area contributed by atoms with Crippen molar-refractivity contribution >= 4 is 0 Å². The summed E-state index contributed by atoms with van der Waals surface area (Å²) in [7, 11) is 0. The molecule has 0 aromatic carbocycles.